The average molecular weight is 476 g/mol. The van der Waals surface area contributed by atoms with Gasteiger partial charge in [-0.15, -0.1) is 0 Å². The van der Waals surface area contributed by atoms with E-state index in [-0.39, 0.29) is 24.4 Å². The van der Waals surface area contributed by atoms with Gasteiger partial charge in [0.15, 0.2) is 11.6 Å². The maximum absolute atomic E-state index is 6.34. The van der Waals surface area contributed by atoms with E-state index in [1.165, 1.54) is 12.8 Å². The van der Waals surface area contributed by atoms with Crippen LogP contribution < -0.4 is 0 Å². The summed E-state index contributed by atoms with van der Waals surface area (Å²) in [6, 6.07) is 0. The van der Waals surface area contributed by atoms with Gasteiger partial charge in [0.25, 0.3) is 0 Å². The van der Waals surface area contributed by atoms with Crippen LogP contribution in [0.15, 0.2) is 0 Å². The molecular formula is C24H45NO8. The lowest BCUT2D eigenvalue weighted by atomic mass is 10.0. The first-order chi connectivity index (χ1) is 15.8. The van der Waals surface area contributed by atoms with Crippen molar-refractivity contribution in [2.45, 2.75) is 83.5 Å². The predicted octanol–water partition coefficient (Wildman–Crippen LogP) is 2.21. The van der Waals surface area contributed by atoms with E-state index in [0.717, 1.165) is 19.6 Å². The molecule has 0 bridgehead atoms. The molecule has 0 saturated carbocycles. The van der Waals surface area contributed by atoms with Crippen LogP contribution >= 0.6 is 0 Å². The molecule has 3 aliphatic rings. The summed E-state index contributed by atoms with van der Waals surface area (Å²) in [6.07, 6.45) is 1.02. The molecule has 0 aliphatic carbocycles. The molecule has 3 saturated heterocycles. The fourth-order valence-corrected chi connectivity index (χ4v) is 4.38. The first-order valence-electron chi connectivity index (χ1n) is 12.5. The zero-order valence-electron chi connectivity index (χ0n) is 21.2. The summed E-state index contributed by atoms with van der Waals surface area (Å²) in [5.41, 5.74) is 0. The van der Waals surface area contributed by atoms with Crippen LogP contribution in [0.4, 0.5) is 0 Å². The number of hydrogen-bond donors (Lipinski definition) is 0. The molecule has 0 aromatic carbocycles. The second kappa shape index (κ2) is 13.1. The molecule has 33 heavy (non-hydrogen) atoms. The molecular weight excluding hydrogens is 430 g/mol. The fourth-order valence-electron chi connectivity index (χ4n) is 4.38. The third-order valence-electron chi connectivity index (χ3n) is 6.12. The summed E-state index contributed by atoms with van der Waals surface area (Å²) in [6.45, 7) is 16.8. The molecule has 0 aromatic rings. The molecule has 0 radical (unpaired) electrons. The maximum atomic E-state index is 6.34. The van der Waals surface area contributed by atoms with Gasteiger partial charge in [0.05, 0.1) is 52.9 Å². The van der Waals surface area contributed by atoms with E-state index in [1.807, 2.05) is 27.7 Å². The highest BCUT2D eigenvalue weighted by atomic mass is 16.8. The smallest absolute Gasteiger partial charge is 0.163 e. The summed E-state index contributed by atoms with van der Waals surface area (Å²) in [7, 11) is 0. The first kappa shape index (κ1) is 27.2. The van der Waals surface area contributed by atoms with Gasteiger partial charge in [-0.3, -0.25) is 4.90 Å². The Hall–Kier alpha value is -0.360. The van der Waals surface area contributed by atoms with Crippen LogP contribution in [0.2, 0.25) is 0 Å². The van der Waals surface area contributed by atoms with Crippen LogP contribution in [-0.4, -0.2) is 113 Å². The maximum Gasteiger partial charge on any atom is 0.163 e. The van der Waals surface area contributed by atoms with Crippen molar-refractivity contribution in [2.75, 3.05) is 72.5 Å². The summed E-state index contributed by atoms with van der Waals surface area (Å²) >= 11 is 0. The number of nitrogens with zero attached hydrogens (tertiary/aromatic N) is 1. The SMILES string of the molecule is CCCCN1CCOCCOC(C2COC(C)(C)O2)C(C2COC(C)(C)O2)OCCOCC1. The molecule has 9 nitrogen and oxygen atoms in total. The molecule has 9 heteroatoms. The van der Waals surface area contributed by atoms with Crippen LogP contribution in [0.3, 0.4) is 0 Å². The summed E-state index contributed by atoms with van der Waals surface area (Å²) < 4.78 is 48.5. The molecule has 3 fully saturated rings. The van der Waals surface area contributed by atoms with Gasteiger partial charge in [0, 0.05) is 13.1 Å². The van der Waals surface area contributed by atoms with Gasteiger partial charge in [-0.1, -0.05) is 13.3 Å². The number of rotatable bonds is 5. The quantitative estimate of drug-likeness (QED) is 0.595. The van der Waals surface area contributed by atoms with Gasteiger partial charge < -0.3 is 37.9 Å². The lowest BCUT2D eigenvalue weighted by Gasteiger charge is -2.34. The van der Waals surface area contributed by atoms with Crippen LogP contribution in [0, 0.1) is 0 Å². The van der Waals surface area contributed by atoms with E-state index < -0.39 is 11.6 Å². The second-order valence-corrected chi connectivity index (χ2v) is 9.83. The van der Waals surface area contributed by atoms with Crippen molar-refractivity contribution >= 4 is 0 Å². The minimum atomic E-state index is -0.663. The zero-order chi connectivity index (χ0) is 23.7. The molecule has 3 rings (SSSR count). The Kier molecular flexibility index (Phi) is 10.8. The van der Waals surface area contributed by atoms with Gasteiger partial charge in [-0.25, -0.2) is 0 Å². The molecule has 0 amide bonds. The largest absolute Gasteiger partial charge is 0.378 e. The van der Waals surface area contributed by atoms with E-state index in [9.17, 15) is 0 Å². The van der Waals surface area contributed by atoms with Crippen molar-refractivity contribution in [2.24, 2.45) is 0 Å². The van der Waals surface area contributed by atoms with Crippen LogP contribution in [-0.2, 0) is 37.9 Å². The molecule has 3 aliphatic heterocycles. The highest BCUT2D eigenvalue weighted by Crippen LogP contribution is 2.32. The van der Waals surface area contributed by atoms with Gasteiger partial charge in [0.1, 0.15) is 24.4 Å². The predicted molar refractivity (Wildman–Crippen MR) is 122 cm³/mol. The molecule has 0 N–H and O–H groups in total. The van der Waals surface area contributed by atoms with Gasteiger partial charge in [-0.2, -0.15) is 0 Å². The summed E-state index contributed by atoms with van der Waals surface area (Å²) in [5, 5.41) is 0. The van der Waals surface area contributed by atoms with Crippen molar-refractivity contribution in [3.8, 4) is 0 Å². The molecule has 194 valence electrons. The minimum absolute atomic E-state index is 0.279. The van der Waals surface area contributed by atoms with Crippen LogP contribution in [0.25, 0.3) is 0 Å². The van der Waals surface area contributed by atoms with Gasteiger partial charge >= 0.3 is 0 Å². The number of ether oxygens (including phenoxy) is 8. The summed E-state index contributed by atoms with van der Waals surface area (Å²) in [4.78, 5) is 2.40. The third-order valence-corrected chi connectivity index (χ3v) is 6.12. The Bertz CT molecular complexity index is 517. The zero-order valence-corrected chi connectivity index (χ0v) is 21.2. The van der Waals surface area contributed by atoms with E-state index in [2.05, 4.69) is 11.8 Å². The van der Waals surface area contributed by atoms with Crippen molar-refractivity contribution in [1.29, 1.82) is 0 Å². The lowest BCUT2D eigenvalue weighted by molar-refractivity contribution is -0.207. The van der Waals surface area contributed by atoms with Crippen LogP contribution in [0.1, 0.15) is 47.5 Å². The molecule has 3 heterocycles. The number of unbranched alkanes of at least 4 members (excludes halogenated alkanes) is 1. The highest BCUT2D eigenvalue weighted by molar-refractivity contribution is 4.91. The average Bonchev–Trinajstić information content (AvgIpc) is 3.30. The van der Waals surface area contributed by atoms with E-state index in [4.69, 9.17) is 37.9 Å². The standard InChI is InChI=1S/C24H45NO8/c1-6-7-8-25-9-11-26-13-15-28-21(19-17-30-23(2,3)32-19)22(29-16-14-27-12-10-25)20-18-31-24(4,5)33-20/h19-22H,6-18H2,1-5H3. The first-order valence-corrected chi connectivity index (χ1v) is 12.5. The highest BCUT2D eigenvalue weighted by Gasteiger charge is 2.48. The van der Waals surface area contributed by atoms with Crippen molar-refractivity contribution < 1.29 is 37.9 Å². The fraction of sp³-hybridized carbons (Fsp3) is 1.00. The monoisotopic (exact) mass is 475 g/mol. The number of hydrogen-bond acceptors (Lipinski definition) is 9. The Morgan fingerprint density at radius 1 is 0.697 bits per heavy atom. The van der Waals surface area contributed by atoms with Crippen LogP contribution in [0.5, 0.6) is 0 Å². The normalized spacial score (nSPS) is 35.2. The molecule has 4 atom stereocenters. The minimum Gasteiger partial charge on any atom is -0.378 e. The van der Waals surface area contributed by atoms with E-state index in [0.29, 0.717) is 52.9 Å². The van der Waals surface area contributed by atoms with E-state index in [1.54, 1.807) is 0 Å². The Labute approximate surface area is 199 Å². The summed E-state index contributed by atoms with van der Waals surface area (Å²) in [5.74, 6) is -1.33. The molecule has 0 spiro atoms. The Balaban J connectivity index is 1.66. The van der Waals surface area contributed by atoms with Gasteiger partial charge in [-0.05, 0) is 40.7 Å². The third kappa shape index (κ3) is 8.98. The van der Waals surface area contributed by atoms with Crippen molar-refractivity contribution in [1.82, 2.24) is 4.90 Å². The van der Waals surface area contributed by atoms with Crippen molar-refractivity contribution in [3.05, 3.63) is 0 Å². The van der Waals surface area contributed by atoms with Crippen molar-refractivity contribution in [3.63, 3.8) is 0 Å². The van der Waals surface area contributed by atoms with Gasteiger partial charge in [0.2, 0.25) is 0 Å². The molecule has 0 aromatic heterocycles. The second-order valence-electron chi connectivity index (χ2n) is 9.83. The lowest BCUT2D eigenvalue weighted by Crippen LogP contribution is -2.51. The molecule has 4 unspecified atom stereocenters. The topological polar surface area (TPSA) is 77.1 Å². The van der Waals surface area contributed by atoms with E-state index >= 15 is 0 Å². The Morgan fingerprint density at radius 2 is 1.18 bits per heavy atom. The Morgan fingerprint density at radius 3 is 1.58 bits per heavy atom.